The van der Waals surface area contributed by atoms with Crippen molar-refractivity contribution in [3.63, 3.8) is 0 Å². The summed E-state index contributed by atoms with van der Waals surface area (Å²) in [7, 11) is 0.708. The molecule has 0 saturated heterocycles. The van der Waals surface area contributed by atoms with Gasteiger partial charge in [0.2, 0.25) is 0 Å². The third-order valence-corrected chi connectivity index (χ3v) is 14.7. The molecule has 1 amide bonds. The molecule has 6 aromatic carbocycles. The Bertz CT molecular complexity index is 2940. The van der Waals surface area contributed by atoms with Crippen LogP contribution in [-0.4, -0.2) is 61.6 Å². The van der Waals surface area contributed by atoms with Crippen LogP contribution in [-0.2, 0) is 33.5 Å². The Labute approximate surface area is 479 Å². The highest BCUT2D eigenvalue weighted by Crippen LogP contribution is 2.54. The standard InChI is InChI=1S/C25H17F6I2NO3.C18H13F6I2NO2.C7H5ClO/c1-37-23(24(26,27)28,25(29,30)31)16-11-19(32)18(20(33)12-16)13-21(35)15-8-5-9-17(10-15)34-22(36)14-6-3-2-4-7-14;1-29-16(17(19,20)21,18(22,23)24)10-6-13(25)12(14(26)7-10)8-15(28)9-3-2-4-11(27)5-9;8-7(9)6-4-2-1-3-5-6/h2-12H,13H2,1H3,(H,34,36);2-7H,8,27H2,1H3;1-5H. The monoisotopic (exact) mass is 1530 g/mol. The first-order valence-electron chi connectivity index (χ1n) is 20.7. The predicted octanol–water partition coefficient (Wildman–Crippen LogP) is 15.5. The highest BCUT2D eigenvalue weighted by atomic mass is 127. The summed E-state index contributed by atoms with van der Waals surface area (Å²) in [6, 6.07) is 32.3. The molecule has 0 spiro atoms. The van der Waals surface area contributed by atoms with E-state index in [1.807, 2.05) is 6.07 Å². The Morgan fingerprint density at radius 1 is 0.480 bits per heavy atom. The number of methoxy groups -OCH3 is 2. The van der Waals surface area contributed by atoms with Gasteiger partial charge in [-0.15, -0.1) is 0 Å². The van der Waals surface area contributed by atoms with E-state index >= 15 is 0 Å². The molecule has 0 aliphatic heterocycles. The Morgan fingerprint density at radius 3 is 1.13 bits per heavy atom. The van der Waals surface area contributed by atoms with Gasteiger partial charge in [0.1, 0.15) is 0 Å². The predicted molar refractivity (Wildman–Crippen MR) is 290 cm³/mol. The molecule has 75 heavy (non-hydrogen) atoms. The average molecular weight is 1530 g/mol. The fourth-order valence-corrected chi connectivity index (χ4v) is 11.4. The van der Waals surface area contributed by atoms with E-state index in [1.54, 1.807) is 169 Å². The van der Waals surface area contributed by atoms with E-state index in [0.717, 1.165) is 24.3 Å². The van der Waals surface area contributed by atoms with Gasteiger partial charge in [-0.2, -0.15) is 52.7 Å². The lowest BCUT2D eigenvalue weighted by molar-refractivity contribution is -0.384. The second kappa shape index (κ2) is 26.0. The Morgan fingerprint density at radius 2 is 0.813 bits per heavy atom. The number of Topliss-reactive ketones (excluding diaryl/α,β-unsaturated/α-hetero) is 2. The maximum atomic E-state index is 13.7. The third-order valence-electron chi connectivity index (χ3n) is 10.7. The minimum Gasteiger partial charge on any atom is -0.399 e. The lowest BCUT2D eigenvalue weighted by Gasteiger charge is -2.36. The number of ketones is 2. The smallest absolute Gasteiger partial charge is 0.399 e. The van der Waals surface area contributed by atoms with Gasteiger partial charge in [-0.25, -0.2) is 0 Å². The van der Waals surface area contributed by atoms with Crippen LogP contribution in [0.3, 0.4) is 0 Å². The molecule has 0 bridgehead atoms. The van der Waals surface area contributed by atoms with E-state index in [4.69, 9.17) is 17.3 Å². The van der Waals surface area contributed by atoms with Crippen molar-refractivity contribution in [1.29, 1.82) is 0 Å². The molecule has 8 nitrogen and oxygen atoms in total. The Balaban J connectivity index is 0.000000283. The van der Waals surface area contributed by atoms with E-state index in [0.29, 0.717) is 42.3 Å². The van der Waals surface area contributed by atoms with E-state index in [9.17, 15) is 71.9 Å². The van der Waals surface area contributed by atoms with Gasteiger partial charge >= 0.3 is 24.7 Å². The second-order valence-electron chi connectivity index (χ2n) is 15.5. The topological polar surface area (TPSA) is 125 Å². The van der Waals surface area contributed by atoms with Crippen molar-refractivity contribution in [3.8, 4) is 0 Å². The maximum Gasteiger partial charge on any atom is 0.430 e. The maximum absolute atomic E-state index is 13.7. The van der Waals surface area contributed by atoms with Crippen LogP contribution in [0, 0.1) is 14.3 Å². The van der Waals surface area contributed by atoms with Crippen LogP contribution >= 0.6 is 102 Å². The van der Waals surface area contributed by atoms with Gasteiger partial charge in [0.15, 0.2) is 11.6 Å². The first kappa shape index (κ1) is 63.4. The van der Waals surface area contributed by atoms with Gasteiger partial charge in [0, 0.05) is 86.1 Å². The molecule has 3 N–H and O–H groups in total. The first-order chi connectivity index (χ1) is 34.8. The number of ether oxygens (including phenoxy) is 2. The van der Waals surface area contributed by atoms with Crippen LogP contribution in [0.1, 0.15) is 63.7 Å². The molecule has 0 aliphatic rings. The molecule has 0 heterocycles. The normalized spacial score (nSPS) is 12.1. The summed E-state index contributed by atoms with van der Waals surface area (Å²) < 4.78 is 171. The van der Waals surface area contributed by atoms with Gasteiger partial charge in [-0.05, 0) is 174 Å². The quantitative estimate of drug-likeness (QED) is 0.0388. The number of nitrogen functional groups attached to an aromatic ring is 1. The lowest BCUT2D eigenvalue weighted by Crippen LogP contribution is -2.55. The number of benzene rings is 6. The number of amides is 1. The zero-order valence-corrected chi connectivity index (χ0v) is 47.5. The number of carbonyl (C=O) groups excluding carboxylic acids is 4. The molecular formula is C50H35ClF12I4N2O6. The number of halogens is 17. The average Bonchev–Trinajstić information content (AvgIpc) is 3.31. The van der Waals surface area contributed by atoms with Gasteiger partial charge in [0.05, 0.1) is 0 Å². The molecule has 0 radical (unpaired) electrons. The summed E-state index contributed by atoms with van der Waals surface area (Å²) in [5, 5.41) is 2.27. The zero-order valence-electron chi connectivity index (χ0n) is 38.1. The summed E-state index contributed by atoms with van der Waals surface area (Å²) in [5.74, 6) is -1.20. The van der Waals surface area contributed by atoms with E-state index in [1.165, 1.54) is 24.3 Å². The second-order valence-corrected chi connectivity index (χ2v) is 20.5. The van der Waals surface area contributed by atoms with Crippen LogP contribution in [0.5, 0.6) is 0 Å². The first-order valence-corrected chi connectivity index (χ1v) is 25.4. The fourth-order valence-electron chi connectivity index (χ4n) is 6.99. The third kappa shape index (κ3) is 15.1. The molecule has 6 aromatic rings. The number of rotatable bonds is 13. The van der Waals surface area contributed by atoms with Gasteiger partial charge in [-0.1, -0.05) is 72.8 Å². The van der Waals surface area contributed by atoms with Crippen LogP contribution in [0.4, 0.5) is 64.1 Å². The van der Waals surface area contributed by atoms with Crippen molar-refractivity contribution in [2.24, 2.45) is 0 Å². The zero-order chi connectivity index (χ0) is 56.5. The summed E-state index contributed by atoms with van der Waals surface area (Å²) in [4.78, 5) is 48.3. The van der Waals surface area contributed by atoms with Crippen LogP contribution in [0.25, 0.3) is 0 Å². The molecule has 0 atom stereocenters. The highest BCUT2D eigenvalue weighted by molar-refractivity contribution is 14.1. The molecular weight excluding hydrogens is 1500 g/mol. The van der Waals surface area contributed by atoms with Crippen molar-refractivity contribution in [3.05, 3.63) is 192 Å². The van der Waals surface area contributed by atoms with Crippen molar-refractivity contribution < 1.29 is 81.3 Å². The summed E-state index contributed by atoms with van der Waals surface area (Å²) >= 11 is 11.6. The lowest BCUT2D eigenvalue weighted by atomic mass is 9.90. The van der Waals surface area contributed by atoms with E-state index in [-0.39, 0.29) is 55.5 Å². The Hall–Kier alpha value is -4.11. The summed E-state index contributed by atoms with van der Waals surface area (Å²) in [5.41, 5.74) is -2.87. The van der Waals surface area contributed by atoms with E-state index in [2.05, 4.69) is 14.8 Å². The van der Waals surface area contributed by atoms with E-state index < -0.39 is 58.1 Å². The molecule has 0 saturated carbocycles. The van der Waals surface area contributed by atoms with Crippen molar-refractivity contribution >= 4 is 136 Å². The Kier molecular flexibility index (Phi) is 22.0. The number of carbonyl (C=O) groups is 4. The molecule has 6 rings (SSSR count). The van der Waals surface area contributed by atoms with Crippen LogP contribution in [0.15, 0.2) is 133 Å². The molecule has 25 heteroatoms. The van der Waals surface area contributed by atoms with Gasteiger partial charge < -0.3 is 20.5 Å². The number of hydrogen-bond donors (Lipinski definition) is 2. The summed E-state index contributed by atoms with van der Waals surface area (Å²) in [6.07, 6.45) is -23.6. The van der Waals surface area contributed by atoms with Gasteiger partial charge in [-0.3, -0.25) is 19.2 Å². The summed E-state index contributed by atoms with van der Waals surface area (Å²) in [6.45, 7) is 0. The number of nitrogens with two attached hydrogens (primary N) is 1. The number of alkyl halides is 12. The molecule has 400 valence electrons. The molecule has 0 aromatic heterocycles. The number of hydrogen-bond acceptors (Lipinski definition) is 7. The van der Waals surface area contributed by atoms with Crippen molar-refractivity contribution in [2.45, 2.75) is 48.7 Å². The minimum absolute atomic E-state index is 0.0382. The number of anilines is 2. The highest BCUT2D eigenvalue weighted by Gasteiger charge is 2.74. The molecule has 0 fully saturated rings. The fraction of sp³-hybridized carbons (Fsp3) is 0.200. The largest absolute Gasteiger partial charge is 0.430 e. The van der Waals surface area contributed by atoms with Crippen molar-refractivity contribution in [2.75, 3.05) is 25.3 Å². The van der Waals surface area contributed by atoms with Crippen LogP contribution in [0.2, 0.25) is 0 Å². The van der Waals surface area contributed by atoms with Crippen LogP contribution < -0.4 is 11.1 Å². The minimum atomic E-state index is -5.78. The SMILES string of the molecule is COC(c1cc(I)c(CC(=O)c2cccc(N)c2)c(I)c1)(C(F)(F)F)C(F)(F)F.COC(c1cc(I)c(CC(=O)c2cccc(NC(=O)c3ccccc3)c2)c(I)c1)(C(F)(F)F)C(F)(F)F.O=C(Cl)c1ccccc1. The number of nitrogens with one attached hydrogen (secondary N) is 1. The molecule has 0 unspecified atom stereocenters. The van der Waals surface area contributed by atoms with Gasteiger partial charge in [0.25, 0.3) is 22.4 Å². The molecule has 0 aliphatic carbocycles. The van der Waals surface area contributed by atoms with Crippen molar-refractivity contribution in [1.82, 2.24) is 0 Å².